The minimum Gasteiger partial charge on any atom is -0.457 e. The Kier molecular flexibility index (Phi) is 3.28. The van der Waals surface area contributed by atoms with E-state index in [1.165, 1.54) is 6.07 Å². The standard InChI is InChI=1S/C14H11F3O/c1-2-4-12-7-8-13(18-12)10-5-3-6-11(9-10)14(15,16)17/h2-9H,1H3/b4-2-. The van der Waals surface area contributed by atoms with Gasteiger partial charge in [0.25, 0.3) is 0 Å². The maximum Gasteiger partial charge on any atom is 0.416 e. The van der Waals surface area contributed by atoms with Gasteiger partial charge in [0.15, 0.2) is 0 Å². The quantitative estimate of drug-likeness (QED) is 0.733. The number of hydrogen-bond acceptors (Lipinski definition) is 1. The largest absolute Gasteiger partial charge is 0.457 e. The average molecular weight is 252 g/mol. The van der Waals surface area contributed by atoms with E-state index in [1.54, 1.807) is 30.4 Å². The van der Waals surface area contributed by atoms with Crippen molar-refractivity contribution >= 4 is 6.08 Å². The highest BCUT2D eigenvalue weighted by atomic mass is 19.4. The molecule has 0 saturated heterocycles. The summed E-state index contributed by atoms with van der Waals surface area (Å²) >= 11 is 0. The van der Waals surface area contributed by atoms with Crippen molar-refractivity contribution in [2.45, 2.75) is 13.1 Å². The Hall–Kier alpha value is -1.97. The molecule has 2 rings (SSSR count). The first kappa shape index (κ1) is 12.5. The normalized spacial score (nSPS) is 12.2. The van der Waals surface area contributed by atoms with Gasteiger partial charge >= 0.3 is 6.18 Å². The van der Waals surface area contributed by atoms with Crippen molar-refractivity contribution in [1.29, 1.82) is 0 Å². The third-order valence-corrected chi connectivity index (χ3v) is 2.43. The van der Waals surface area contributed by atoms with Gasteiger partial charge in [-0.2, -0.15) is 13.2 Å². The van der Waals surface area contributed by atoms with Crippen LogP contribution in [0.4, 0.5) is 13.2 Å². The summed E-state index contributed by atoms with van der Waals surface area (Å²) in [5.74, 6) is 1.04. The number of halogens is 3. The molecule has 0 saturated carbocycles. The van der Waals surface area contributed by atoms with Crippen LogP contribution >= 0.6 is 0 Å². The van der Waals surface area contributed by atoms with Gasteiger partial charge in [-0.3, -0.25) is 0 Å². The van der Waals surface area contributed by atoms with Gasteiger partial charge < -0.3 is 4.42 Å². The van der Waals surface area contributed by atoms with Crippen LogP contribution in [0.2, 0.25) is 0 Å². The molecule has 0 unspecified atom stereocenters. The van der Waals surface area contributed by atoms with Gasteiger partial charge in [-0.1, -0.05) is 18.2 Å². The van der Waals surface area contributed by atoms with Crippen LogP contribution in [0.1, 0.15) is 18.2 Å². The summed E-state index contributed by atoms with van der Waals surface area (Å²) in [4.78, 5) is 0. The minimum atomic E-state index is -4.34. The molecular weight excluding hydrogens is 241 g/mol. The molecule has 0 radical (unpaired) electrons. The lowest BCUT2D eigenvalue weighted by Gasteiger charge is -2.07. The highest BCUT2D eigenvalue weighted by Gasteiger charge is 2.30. The van der Waals surface area contributed by atoms with Crippen molar-refractivity contribution in [3.8, 4) is 11.3 Å². The summed E-state index contributed by atoms with van der Waals surface area (Å²) < 4.78 is 43.1. The van der Waals surface area contributed by atoms with Gasteiger partial charge in [0.2, 0.25) is 0 Å². The van der Waals surface area contributed by atoms with Crippen molar-refractivity contribution in [1.82, 2.24) is 0 Å². The molecule has 1 aromatic carbocycles. The molecule has 0 bridgehead atoms. The van der Waals surface area contributed by atoms with Crippen LogP contribution in [0, 0.1) is 0 Å². The molecule has 0 aliphatic heterocycles. The summed E-state index contributed by atoms with van der Waals surface area (Å²) in [5.41, 5.74) is -0.260. The number of rotatable bonds is 2. The van der Waals surface area contributed by atoms with Gasteiger partial charge in [0.1, 0.15) is 11.5 Å². The van der Waals surface area contributed by atoms with Crippen molar-refractivity contribution in [3.63, 3.8) is 0 Å². The SMILES string of the molecule is C/C=C\c1ccc(-c2cccc(C(F)(F)F)c2)o1. The molecule has 0 fully saturated rings. The first-order chi connectivity index (χ1) is 8.50. The Morgan fingerprint density at radius 3 is 2.56 bits per heavy atom. The first-order valence-corrected chi connectivity index (χ1v) is 5.41. The molecular formula is C14H11F3O. The van der Waals surface area contributed by atoms with Crippen molar-refractivity contribution < 1.29 is 17.6 Å². The van der Waals surface area contributed by atoms with Gasteiger partial charge in [0, 0.05) is 5.56 Å². The molecule has 0 spiro atoms. The molecule has 0 aliphatic rings. The molecule has 0 amide bonds. The third-order valence-electron chi connectivity index (χ3n) is 2.43. The Morgan fingerprint density at radius 1 is 1.11 bits per heavy atom. The molecule has 94 valence electrons. The second-order valence-electron chi connectivity index (χ2n) is 3.78. The van der Waals surface area contributed by atoms with Crippen LogP contribution in [0.25, 0.3) is 17.4 Å². The zero-order valence-corrected chi connectivity index (χ0v) is 9.66. The Balaban J connectivity index is 2.38. The van der Waals surface area contributed by atoms with Crippen molar-refractivity contribution in [3.05, 3.63) is 53.8 Å². The predicted molar refractivity (Wildman–Crippen MR) is 63.9 cm³/mol. The van der Waals surface area contributed by atoms with E-state index in [0.29, 0.717) is 17.1 Å². The van der Waals surface area contributed by atoms with Gasteiger partial charge in [-0.15, -0.1) is 0 Å². The molecule has 0 atom stereocenters. The summed E-state index contributed by atoms with van der Waals surface area (Å²) in [6, 6.07) is 8.46. The molecule has 1 aromatic heterocycles. The van der Waals surface area contributed by atoms with Crippen molar-refractivity contribution in [2.75, 3.05) is 0 Å². The molecule has 1 heterocycles. The first-order valence-electron chi connectivity index (χ1n) is 5.41. The molecule has 4 heteroatoms. The zero-order valence-electron chi connectivity index (χ0n) is 9.66. The summed E-state index contributed by atoms with van der Waals surface area (Å²) in [7, 11) is 0. The van der Waals surface area contributed by atoms with E-state index in [9.17, 15) is 13.2 Å². The molecule has 0 aliphatic carbocycles. The van der Waals surface area contributed by atoms with Crippen LogP contribution < -0.4 is 0 Å². The molecule has 1 nitrogen and oxygen atoms in total. The van der Waals surface area contributed by atoms with E-state index < -0.39 is 11.7 Å². The number of hydrogen-bond donors (Lipinski definition) is 0. The predicted octanol–water partition coefficient (Wildman–Crippen LogP) is 5.00. The number of furan rings is 1. The van der Waals surface area contributed by atoms with Crippen LogP contribution in [0.5, 0.6) is 0 Å². The highest BCUT2D eigenvalue weighted by Crippen LogP contribution is 2.32. The van der Waals surface area contributed by atoms with E-state index in [-0.39, 0.29) is 0 Å². The lowest BCUT2D eigenvalue weighted by molar-refractivity contribution is -0.137. The van der Waals surface area contributed by atoms with E-state index in [4.69, 9.17) is 4.42 Å². The highest BCUT2D eigenvalue weighted by molar-refractivity contribution is 5.60. The summed E-state index contributed by atoms with van der Waals surface area (Å²) in [5, 5.41) is 0. The summed E-state index contributed by atoms with van der Waals surface area (Å²) in [6.07, 6.45) is -0.791. The maximum atomic E-state index is 12.6. The minimum absolute atomic E-state index is 0.417. The third kappa shape index (κ3) is 2.64. The molecule has 18 heavy (non-hydrogen) atoms. The van der Waals surface area contributed by atoms with Crippen LogP contribution in [0.15, 0.2) is 46.9 Å². The summed E-state index contributed by atoms with van der Waals surface area (Å²) in [6.45, 7) is 1.84. The Morgan fingerprint density at radius 2 is 1.89 bits per heavy atom. The van der Waals surface area contributed by atoms with Gasteiger partial charge in [-0.25, -0.2) is 0 Å². The van der Waals surface area contributed by atoms with E-state index >= 15 is 0 Å². The van der Waals surface area contributed by atoms with E-state index in [2.05, 4.69) is 0 Å². The van der Waals surface area contributed by atoms with E-state index in [1.807, 2.05) is 6.92 Å². The number of alkyl halides is 3. The number of benzene rings is 1. The lowest BCUT2D eigenvalue weighted by atomic mass is 10.1. The number of allylic oxidation sites excluding steroid dienone is 1. The molecule has 0 N–H and O–H groups in total. The Bertz CT molecular complexity index is 564. The molecule has 2 aromatic rings. The average Bonchev–Trinajstić information content (AvgIpc) is 2.77. The fourth-order valence-electron chi connectivity index (χ4n) is 1.61. The van der Waals surface area contributed by atoms with Gasteiger partial charge in [0.05, 0.1) is 5.56 Å². The fraction of sp³-hybridized carbons (Fsp3) is 0.143. The Labute approximate surface area is 103 Å². The maximum absolute atomic E-state index is 12.6. The zero-order chi connectivity index (χ0) is 13.2. The van der Waals surface area contributed by atoms with Crippen LogP contribution in [-0.4, -0.2) is 0 Å². The van der Waals surface area contributed by atoms with Crippen molar-refractivity contribution in [2.24, 2.45) is 0 Å². The smallest absolute Gasteiger partial charge is 0.416 e. The second kappa shape index (κ2) is 4.72. The van der Waals surface area contributed by atoms with Gasteiger partial charge in [-0.05, 0) is 37.3 Å². The van der Waals surface area contributed by atoms with Crippen LogP contribution in [0.3, 0.4) is 0 Å². The van der Waals surface area contributed by atoms with E-state index in [0.717, 1.165) is 12.1 Å². The topological polar surface area (TPSA) is 13.1 Å². The van der Waals surface area contributed by atoms with Crippen LogP contribution in [-0.2, 0) is 6.18 Å². The lowest BCUT2D eigenvalue weighted by Crippen LogP contribution is -2.04. The monoisotopic (exact) mass is 252 g/mol. The second-order valence-corrected chi connectivity index (χ2v) is 3.78. The fourth-order valence-corrected chi connectivity index (χ4v) is 1.61.